The van der Waals surface area contributed by atoms with Crippen molar-refractivity contribution in [2.45, 2.75) is 32.0 Å². The molecule has 1 saturated heterocycles. The van der Waals surface area contributed by atoms with Crippen molar-refractivity contribution in [1.29, 1.82) is 0 Å². The number of benzene rings is 1. The van der Waals surface area contributed by atoms with Crippen LogP contribution in [0.3, 0.4) is 0 Å². The van der Waals surface area contributed by atoms with E-state index in [1.54, 1.807) is 11.3 Å². The van der Waals surface area contributed by atoms with Crippen LogP contribution in [0.2, 0.25) is 0 Å². The van der Waals surface area contributed by atoms with Crippen molar-refractivity contribution in [2.75, 3.05) is 13.2 Å². The van der Waals surface area contributed by atoms with Crippen LogP contribution in [0, 0.1) is 0 Å². The SMILES string of the molecule is Brc1cccc(-c2nnc(CN(Cc3cccs3)CC3CCCO3)o2)c1. The number of nitrogens with zero attached hydrogens (tertiary/aromatic N) is 3. The zero-order valence-electron chi connectivity index (χ0n) is 14.3. The van der Waals surface area contributed by atoms with Crippen molar-refractivity contribution in [3.05, 3.63) is 57.0 Å². The van der Waals surface area contributed by atoms with Crippen molar-refractivity contribution < 1.29 is 9.15 Å². The molecule has 1 atom stereocenters. The summed E-state index contributed by atoms with van der Waals surface area (Å²) >= 11 is 5.25. The quantitative estimate of drug-likeness (QED) is 0.538. The minimum atomic E-state index is 0.294. The van der Waals surface area contributed by atoms with Crippen LogP contribution in [0.5, 0.6) is 0 Å². The lowest BCUT2D eigenvalue weighted by molar-refractivity contribution is 0.0653. The Labute approximate surface area is 165 Å². The minimum absolute atomic E-state index is 0.294. The van der Waals surface area contributed by atoms with Gasteiger partial charge in [0.2, 0.25) is 11.8 Å². The number of rotatable bonds is 7. The first-order chi connectivity index (χ1) is 12.8. The molecule has 3 heterocycles. The highest BCUT2D eigenvalue weighted by Crippen LogP contribution is 2.23. The molecule has 2 aromatic heterocycles. The molecule has 136 valence electrons. The fourth-order valence-electron chi connectivity index (χ4n) is 3.13. The monoisotopic (exact) mass is 433 g/mol. The Morgan fingerprint density at radius 1 is 1.19 bits per heavy atom. The molecular formula is C19H20BrN3O2S. The summed E-state index contributed by atoms with van der Waals surface area (Å²) in [5.74, 6) is 1.18. The average Bonchev–Trinajstić information content (AvgIpc) is 3.37. The second kappa shape index (κ2) is 8.43. The summed E-state index contributed by atoms with van der Waals surface area (Å²) < 4.78 is 12.7. The van der Waals surface area contributed by atoms with Crippen LogP contribution in [-0.2, 0) is 17.8 Å². The maximum atomic E-state index is 5.92. The van der Waals surface area contributed by atoms with Gasteiger partial charge in [0.1, 0.15) is 0 Å². The normalized spacial score (nSPS) is 17.2. The van der Waals surface area contributed by atoms with Crippen molar-refractivity contribution in [2.24, 2.45) is 0 Å². The van der Waals surface area contributed by atoms with Gasteiger partial charge in [-0.3, -0.25) is 4.90 Å². The highest BCUT2D eigenvalue weighted by Gasteiger charge is 2.21. The summed E-state index contributed by atoms with van der Waals surface area (Å²) in [4.78, 5) is 3.66. The molecule has 0 saturated carbocycles. The molecule has 0 bridgehead atoms. The summed E-state index contributed by atoms with van der Waals surface area (Å²) in [6, 6.07) is 12.1. The lowest BCUT2D eigenvalue weighted by Crippen LogP contribution is -2.31. The minimum Gasteiger partial charge on any atom is -0.419 e. The lowest BCUT2D eigenvalue weighted by atomic mass is 10.2. The van der Waals surface area contributed by atoms with Gasteiger partial charge >= 0.3 is 0 Å². The van der Waals surface area contributed by atoms with Crippen LogP contribution < -0.4 is 0 Å². The Hall–Kier alpha value is -1.54. The highest BCUT2D eigenvalue weighted by atomic mass is 79.9. The van der Waals surface area contributed by atoms with Gasteiger partial charge in [-0.1, -0.05) is 28.1 Å². The Kier molecular flexibility index (Phi) is 5.79. The first kappa shape index (κ1) is 17.9. The van der Waals surface area contributed by atoms with E-state index < -0.39 is 0 Å². The predicted octanol–water partition coefficient (Wildman–Crippen LogP) is 4.74. The number of ether oxygens (including phenoxy) is 1. The van der Waals surface area contributed by atoms with E-state index in [1.807, 2.05) is 24.3 Å². The summed E-state index contributed by atoms with van der Waals surface area (Å²) in [5, 5.41) is 10.6. The third-order valence-corrected chi connectivity index (χ3v) is 5.70. The molecule has 1 unspecified atom stereocenters. The molecular weight excluding hydrogens is 414 g/mol. The molecule has 0 spiro atoms. The smallest absolute Gasteiger partial charge is 0.247 e. The zero-order chi connectivity index (χ0) is 17.8. The molecule has 1 aliphatic rings. The first-order valence-corrected chi connectivity index (χ1v) is 10.4. The van der Waals surface area contributed by atoms with Gasteiger partial charge in [-0.15, -0.1) is 21.5 Å². The van der Waals surface area contributed by atoms with Crippen molar-refractivity contribution in [3.8, 4) is 11.5 Å². The van der Waals surface area contributed by atoms with Gasteiger partial charge in [-0.2, -0.15) is 0 Å². The summed E-state index contributed by atoms with van der Waals surface area (Å²) in [6.07, 6.45) is 2.56. The van der Waals surface area contributed by atoms with E-state index in [9.17, 15) is 0 Å². The number of thiophene rings is 1. The number of hydrogen-bond acceptors (Lipinski definition) is 6. The summed E-state index contributed by atoms with van der Waals surface area (Å²) in [7, 11) is 0. The van der Waals surface area contributed by atoms with Crippen LogP contribution in [-0.4, -0.2) is 34.4 Å². The lowest BCUT2D eigenvalue weighted by Gasteiger charge is -2.23. The van der Waals surface area contributed by atoms with E-state index in [2.05, 4.69) is 48.5 Å². The van der Waals surface area contributed by atoms with E-state index in [-0.39, 0.29) is 0 Å². The van der Waals surface area contributed by atoms with E-state index in [4.69, 9.17) is 9.15 Å². The van der Waals surface area contributed by atoms with E-state index >= 15 is 0 Å². The van der Waals surface area contributed by atoms with Crippen LogP contribution in [0.4, 0.5) is 0 Å². The van der Waals surface area contributed by atoms with Crippen molar-refractivity contribution >= 4 is 27.3 Å². The van der Waals surface area contributed by atoms with Gasteiger partial charge in [0.25, 0.3) is 0 Å². The predicted molar refractivity (Wildman–Crippen MR) is 105 cm³/mol. The second-order valence-electron chi connectivity index (χ2n) is 6.40. The van der Waals surface area contributed by atoms with Crippen LogP contribution >= 0.6 is 27.3 Å². The fraction of sp³-hybridized carbons (Fsp3) is 0.368. The van der Waals surface area contributed by atoms with Gasteiger partial charge < -0.3 is 9.15 Å². The topological polar surface area (TPSA) is 51.4 Å². The van der Waals surface area contributed by atoms with Crippen molar-refractivity contribution in [1.82, 2.24) is 15.1 Å². The maximum Gasteiger partial charge on any atom is 0.247 e. The molecule has 0 aliphatic carbocycles. The molecule has 3 aromatic rings. The number of halogens is 1. The second-order valence-corrected chi connectivity index (χ2v) is 8.34. The maximum absolute atomic E-state index is 5.92. The van der Waals surface area contributed by atoms with Gasteiger partial charge in [0, 0.05) is 34.6 Å². The van der Waals surface area contributed by atoms with Gasteiger partial charge in [0.05, 0.1) is 12.6 Å². The van der Waals surface area contributed by atoms with Crippen LogP contribution in [0.25, 0.3) is 11.5 Å². The molecule has 0 N–H and O–H groups in total. The molecule has 26 heavy (non-hydrogen) atoms. The van der Waals surface area contributed by atoms with Gasteiger partial charge in [-0.25, -0.2) is 0 Å². The third kappa shape index (κ3) is 4.59. The zero-order valence-corrected chi connectivity index (χ0v) is 16.7. The molecule has 7 heteroatoms. The van der Waals surface area contributed by atoms with Gasteiger partial charge in [-0.05, 0) is 42.5 Å². The van der Waals surface area contributed by atoms with Crippen molar-refractivity contribution in [3.63, 3.8) is 0 Å². The summed E-state index contributed by atoms with van der Waals surface area (Å²) in [6.45, 7) is 3.24. The van der Waals surface area contributed by atoms with E-state index in [1.165, 1.54) is 4.88 Å². The third-order valence-electron chi connectivity index (χ3n) is 4.34. The van der Waals surface area contributed by atoms with Crippen LogP contribution in [0.1, 0.15) is 23.6 Å². The Bertz CT molecular complexity index is 831. The number of aromatic nitrogens is 2. The van der Waals surface area contributed by atoms with Gasteiger partial charge in [0.15, 0.2) is 0 Å². The molecule has 0 amide bonds. The van der Waals surface area contributed by atoms with E-state index in [0.717, 1.165) is 42.6 Å². The molecule has 5 nitrogen and oxygen atoms in total. The molecule has 1 aliphatic heterocycles. The van der Waals surface area contributed by atoms with Crippen LogP contribution in [0.15, 0.2) is 50.7 Å². The highest BCUT2D eigenvalue weighted by molar-refractivity contribution is 9.10. The molecule has 0 radical (unpaired) electrons. The molecule has 1 aromatic carbocycles. The Morgan fingerprint density at radius 2 is 2.15 bits per heavy atom. The molecule has 4 rings (SSSR count). The largest absolute Gasteiger partial charge is 0.419 e. The molecule has 1 fully saturated rings. The average molecular weight is 434 g/mol. The Balaban J connectivity index is 1.47. The van der Waals surface area contributed by atoms with E-state index in [0.29, 0.717) is 24.4 Å². The summed E-state index contributed by atoms with van der Waals surface area (Å²) in [5.41, 5.74) is 0.919. The Morgan fingerprint density at radius 3 is 2.92 bits per heavy atom. The standard InChI is InChI=1S/C19H20BrN3O2S/c20-15-5-1-4-14(10-15)19-22-21-18(25-19)13-23(11-16-6-2-8-24-16)12-17-7-3-9-26-17/h1,3-5,7,9-10,16H,2,6,8,11-13H2. The fourth-order valence-corrected chi connectivity index (χ4v) is 4.28. The number of hydrogen-bond donors (Lipinski definition) is 0. The first-order valence-electron chi connectivity index (χ1n) is 8.71.